The van der Waals surface area contributed by atoms with Crippen LogP contribution >= 0.6 is 11.6 Å². The molecule has 0 bridgehead atoms. The molecule has 1 saturated heterocycles. The lowest BCUT2D eigenvalue weighted by molar-refractivity contribution is -0.384. The van der Waals surface area contributed by atoms with Crippen LogP contribution in [0.15, 0.2) is 18.2 Å². The predicted molar refractivity (Wildman–Crippen MR) is 70.8 cm³/mol. The molecule has 1 N–H and O–H groups in total. The third-order valence-corrected chi connectivity index (χ3v) is 3.42. The first-order chi connectivity index (χ1) is 9.11. The van der Waals surface area contributed by atoms with Gasteiger partial charge in [-0.1, -0.05) is 17.7 Å². The Morgan fingerprint density at radius 1 is 1.63 bits per heavy atom. The van der Waals surface area contributed by atoms with Crippen LogP contribution in [0.3, 0.4) is 0 Å². The summed E-state index contributed by atoms with van der Waals surface area (Å²) in [6.07, 6.45) is 0. The highest BCUT2D eigenvalue weighted by Gasteiger charge is 2.22. The maximum Gasteiger partial charge on any atom is 0.288 e. The average molecular weight is 281 g/mol. The standard InChI is InChI=1S/C12H13ClN4O2/c13-11-2-1-9(5-12(11)17(18)19)8-16-4-3-15-7-10(16)6-14/h1-2,5,10,15H,3-4,7-8H2. The second-order valence-electron chi connectivity index (χ2n) is 4.36. The first kappa shape index (κ1) is 13.7. The molecule has 1 unspecified atom stereocenters. The molecule has 0 saturated carbocycles. The maximum atomic E-state index is 10.8. The fourth-order valence-electron chi connectivity index (χ4n) is 2.09. The number of hydrogen-bond acceptors (Lipinski definition) is 5. The van der Waals surface area contributed by atoms with Gasteiger partial charge in [0.15, 0.2) is 0 Å². The Balaban J connectivity index is 2.17. The van der Waals surface area contributed by atoms with Crippen molar-refractivity contribution in [2.75, 3.05) is 19.6 Å². The maximum absolute atomic E-state index is 10.8. The second-order valence-corrected chi connectivity index (χ2v) is 4.77. The van der Waals surface area contributed by atoms with Crippen molar-refractivity contribution in [3.8, 4) is 6.07 Å². The van der Waals surface area contributed by atoms with E-state index in [-0.39, 0.29) is 16.8 Å². The topological polar surface area (TPSA) is 82.2 Å². The number of nitriles is 1. The van der Waals surface area contributed by atoms with Gasteiger partial charge in [-0.3, -0.25) is 15.0 Å². The summed E-state index contributed by atoms with van der Waals surface area (Å²) in [5.74, 6) is 0. The molecular weight excluding hydrogens is 268 g/mol. The number of rotatable bonds is 3. The lowest BCUT2D eigenvalue weighted by Gasteiger charge is -2.31. The lowest BCUT2D eigenvalue weighted by Crippen LogP contribution is -2.49. The van der Waals surface area contributed by atoms with Gasteiger partial charge in [0.25, 0.3) is 5.69 Å². The number of halogens is 1. The largest absolute Gasteiger partial charge is 0.313 e. The first-order valence-electron chi connectivity index (χ1n) is 5.89. The van der Waals surface area contributed by atoms with Gasteiger partial charge < -0.3 is 5.32 Å². The second kappa shape index (κ2) is 5.97. The third kappa shape index (κ3) is 3.20. The predicted octanol–water partition coefficient (Wildman–Crippen LogP) is 1.55. The molecule has 1 atom stereocenters. The van der Waals surface area contributed by atoms with Crippen molar-refractivity contribution in [3.05, 3.63) is 38.9 Å². The Morgan fingerprint density at radius 2 is 2.42 bits per heavy atom. The van der Waals surface area contributed by atoms with Crippen LogP contribution < -0.4 is 5.32 Å². The number of benzene rings is 1. The zero-order chi connectivity index (χ0) is 13.8. The van der Waals surface area contributed by atoms with Crippen LogP contribution in [0, 0.1) is 21.4 Å². The molecule has 1 aliphatic rings. The summed E-state index contributed by atoms with van der Waals surface area (Å²) in [7, 11) is 0. The zero-order valence-electron chi connectivity index (χ0n) is 10.2. The van der Waals surface area contributed by atoms with E-state index in [9.17, 15) is 10.1 Å². The number of nitrogens with one attached hydrogen (secondary N) is 1. The number of nitro benzene ring substituents is 1. The monoisotopic (exact) mass is 280 g/mol. The summed E-state index contributed by atoms with van der Waals surface area (Å²) in [5.41, 5.74) is 0.695. The molecule has 7 heteroatoms. The van der Waals surface area contributed by atoms with Gasteiger partial charge >= 0.3 is 0 Å². The van der Waals surface area contributed by atoms with Crippen LogP contribution in [0.1, 0.15) is 5.56 Å². The fourth-order valence-corrected chi connectivity index (χ4v) is 2.28. The van der Waals surface area contributed by atoms with Gasteiger partial charge in [0, 0.05) is 32.2 Å². The molecular formula is C12H13ClN4O2. The van der Waals surface area contributed by atoms with E-state index < -0.39 is 4.92 Å². The molecule has 0 aromatic heterocycles. The first-order valence-corrected chi connectivity index (χ1v) is 6.27. The Bertz CT molecular complexity index is 529. The van der Waals surface area contributed by atoms with Gasteiger partial charge in [0.05, 0.1) is 11.0 Å². The minimum atomic E-state index is -0.495. The summed E-state index contributed by atoms with van der Waals surface area (Å²) in [4.78, 5) is 12.3. The molecule has 6 nitrogen and oxygen atoms in total. The quantitative estimate of drug-likeness (QED) is 0.671. The minimum absolute atomic E-state index is 0.0946. The number of hydrogen-bond donors (Lipinski definition) is 1. The summed E-state index contributed by atoms with van der Waals surface area (Å²) < 4.78 is 0. The molecule has 1 aromatic rings. The average Bonchev–Trinajstić information content (AvgIpc) is 2.41. The van der Waals surface area contributed by atoms with E-state index >= 15 is 0 Å². The Hall–Kier alpha value is -1.68. The van der Waals surface area contributed by atoms with Crippen LogP contribution in [0.25, 0.3) is 0 Å². The molecule has 1 heterocycles. The van der Waals surface area contributed by atoms with E-state index in [1.807, 2.05) is 4.90 Å². The van der Waals surface area contributed by atoms with E-state index in [1.165, 1.54) is 12.1 Å². The van der Waals surface area contributed by atoms with E-state index in [1.54, 1.807) is 6.07 Å². The Morgan fingerprint density at radius 3 is 3.11 bits per heavy atom. The SMILES string of the molecule is N#CC1CNCCN1Cc1ccc(Cl)c([N+](=O)[O-])c1. The molecule has 0 amide bonds. The van der Waals surface area contributed by atoms with Crippen molar-refractivity contribution in [2.24, 2.45) is 0 Å². The van der Waals surface area contributed by atoms with Crippen molar-refractivity contribution in [1.82, 2.24) is 10.2 Å². The van der Waals surface area contributed by atoms with E-state index in [4.69, 9.17) is 16.9 Å². The van der Waals surface area contributed by atoms with Crippen LogP contribution in [0.4, 0.5) is 5.69 Å². The van der Waals surface area contributed by atoms with Gasteiger partial charge in [-0.2, -0.15) is 5.26 Å². The molecule has 0 spiro atoms. The summed E-state index contributed by atoms with van der Waals surface area (Å²) in [6.45, 7) is 2.69. The van der Waals surface area contributed by atoms with Gasteiger partial charge in [0.2, 0.25) is 0 Å². The van der Waals surface area contributed by atoms with E-state index in [0.717, 1.165) is 18.7 Å². The number of nitrogens with zero attached hydrogens (tertiary/aromatic N) is 3. The molecule has 1 aliphatic heterocycles. The highest BCUT2D eigenvalue weighted by atomic mass is 35.5. The van der Waals surface area contributed by atoms with Gasteiger partial charge in [0.1, 0.15) is 11.1 Å². The molecule has 2 rings (SSSR count). The van der Waals surface area contributed by atoms with Crippen molar-refractivity contribution in [1.29, 1.82) is 5.26 Å². The minimum Gasteiger partial charge on any atom is -0.313 e. The Kier molecular flexibility index (Phi) is 4.32. The van der Waals surface area contributed by atoms with Crippen LogP contribution in [-0.2, 0) is 6.54 Å². The smallest absolute Gasteiger partial charge is 0.288 e. The van der Waals surface area contributed by atoms with Crippen molar-refractivity contribution in [2.45, 2.75) is 12.6 Å². The van der Waals surface area contributed by atoms with Crippen molar-refractivity contribution in [3.63, 3.8) is 0 Å². The highest BCUT2D eigenvalue weighted by molar-refractivity contribution is 6.32. The summed E-state index contributed by atoms with van der Waals surface area (Å²) in [6, 6.07) is 6.77. The molecule has 1 fully saturated rings. The summed E-state index contributed by atoms with van der Waals surface area (Å²) in [5, 5.41) is 23.2. The molecule has 19 heavy (non-hydrogen) atoms. The fraction of sp³-hybridized carbons (Fsp3) is 0.417. The zero-order valence-corrected chi connectivity index (χ0v) is 10.9. The number of nitro groups is 1. The third-order valence-electron chi connectivity index (χ3n) is 3.10. The van der Waals surface area contributed by atoms with Crippen LogP contribution in [-0.4, -0.2) is 35.5 Å². The number of piperazine rings is 1. The van der Waals surface area contributed by atoms with Crippen molar-refractivity contribution < 1.29 is 4.92 Å². The lowest BCUT2D eigenvalue weighted by atomic mass is 10.1. The van der Waals surface area contributed by atoms with Gasteiger partial charge in [-0.05, 0) is 11.6 Å². The van der Waals surface area contributed by atoms with Crippen molar-refractivity contribution >= 4 is 17.3 Å². The molecule has 100 valence electrons. The van der Waals surface area contributed by atoms with Crippen LogP contribution in [0.2, 0.25) is 5.02 Å². The Labute approximate surface area is 115 Å². The molecule has 0 radical (unpaired) electrons. The highest BCUT2D eigenvalue weighted by Crippen LogP contribution is 2.26. The van der Waals surface area contributed by atoms with E-state index in [2.05, 4.69) is 11.4 Å². The van der Waals surface area contributed by atoms with Gasteiger partial charge in [-0.15, -0.1) is 0 Å². The summed E-state index contributed by atoms with van der Waals surface area (Å²) >= 11 is 5.77. The van der Waals surface area contributed by atoms with E-state index in [0.29, 0.717) is 13.1 Å². The normalized spacial score (nSPS) is 19.9. The molecule has 1 aromatic carbocycles. The molecule has 0 aliphatic carbocycles. The van der Waals surface area contributed by atoms with Gasteiger partial charge in [-0.25, -0.2) is 0 Å². The van der Waals surface area contributed by atoms with Crippen LogP contribution in [0.5, 0.6) is 0 Å².